The number of hydrogen-bond acceptors (Lipinski definition) is 3. The number of benzene rings is 2. The Hall–Kier alpha value is -1.60. The van der Waals surface area contributed by atoms with Gasteiger partial charge in [-0.05, 0) is 61.7 Å². The van der Waals surface area contributed by atoms with Crippen LogP contribution in [-0.4, -0.2) is 48.6 Å². The molecule has 2 N–H and O–H groups in total. The molecule has 2 rings (SSSR count). The molecule has 5 nitrogen and oxygen atoms in total. The number of carbonyl (C=O) groups excluding carboxylic acids is 1. The predicted octanol–water partition coefficient (Wildman–Crippen LogP) is 3.89. The average molecular weight is 484 g/mol. The summed E-state index contributed by atoms with van der Waals surface area (Å²) in [6.07, 6.45) is 2.93. The van der Waals surface area contributed by atoms with E-state index in [4.69, 9.17) is 23.2 Å². The Morgan fingerprint density at radius 2 is 1.52 bits per heavy atom. The highest BCUT2D eigenvalue weighted by Gasteiger charge is 2.06. The van der Waals surface area contributed by atoms with Crippen molar-refractivity contribution in [2.75, 3.05) is 43.3 Å². The van der Waals surface area contributed by atoms with Crippen LogP contribution in [0.1, 0.15) is 24.0 Å². The Kier molecular flexibility index (Phi) is 12.0. The van der Waals surface area contributed by atoms with Crippen molar-refractivity contribution in [3.05, 3.63) is 59.7 Å². The summed E-state index contributed by atoms with van der Waals surface area (Å²) in [6.45, 7) is 2.14. The second kappa shape index (κ2) is 14.5. The second-order valence-corrected chi connectivity index (χ2v) is 9.27. The summed E-state index contributed by atoms with van der Waals surface area (Å²) < 4.78 is 14.4. The van der Waals surface area contributed by atoms with Crippen LogP contribution >= 0.6 is 23.2 Å². The number of anilines is 1. The van der Waals surface area contributed by atoms with Crippen molar-refractivity contribution in [3.63, 3.8) is 0 Å². The van der Waals surface area contributed by atoms with Crippen LogP contribution in [0.5, 0.6) is 0 Å². The van der Waals surface area contributed by atoms with E-state index < -0.39 is 11.0 Å². The highest BCUT2D eigenvalue weighted by Crippen LogP contribution is 2.17. The van der Waals surface area contributed by atoms with E-state index in [1.165, 1.54) is 5.56 Å². The van der Waals surface area contributed by atoms with Crippen molar-refractivity contribution in [1.82, 2.24) is 10.0 Å². The molecule has 0 saturated carbocycles. The molecular weight excluding hydrogens is 453 g/mol. The lowest BCUT2D eigenvalue weighted by atomic mass is 10.1. The minimum Gasteiger partial charge on any atom is -0.369 e. The molecule has 8 heteroatoms. The van der Waals surface area contributed by atoms with Crippen LogP contribution < -0.4 is 14.9 Å². The fraction of sp³-hybridized carbons (Fsp3) is 0.435. The van der Waals surface area contributed by atoms with Crippen molar-refractivity contribution in [3.8, 4) is 0 Å². The summed E-state index contributed by atoms with van der Waals surface area (Å²) in [5.41, 5.74) is 3.44. The molecule has 1 unspecified atom stereocenters. The lowest BCUT2D eigenvalue weighted by Gasteiger charge is -2.23. The Morgan fingerprint density at radius 3 is 2.10 bits per heavy atom. The Morgan fingerprint density at radius 1 is 0.935 bits per heavy atom. The van der Waals surface area contributed by atoms with E-state index in [9.17, 15) is 9.00 Å². The van der Waals surface area contributed by atoms with Gasteiger partial charge in [-0.25, -0.2) is 8.93 Å². The average Bonchev–Trinajstić information content (AvgIpc) is 2.79. The van der Waals surface area contributed by atoms with E-state index in [2.05, 4.69) is 39.2 Å². The maximum Gasteiger partial charge on any atom is 0.220 e. The van der Waals surface area contributed by atoms with Gasteiger partial charge in [0.1, 0.15) is 11.0 Å². The number of rotatable bonds is 14. The molecule has 31 heavy (non-hydrogen) atoms. The van der Waals surface area contributed by atoms with Crippen molar-refractivity contribution in [1.29, 1.82) is 0 Å². The molecule has 0 bridgehead atoms. The number of hydrogen-bond donors (Lipinski definition) is 2. The summed E-state index contributed by atoms with van der Waals surface area (Å²) in [7, 11) is 0.491. The van der Waals surface area contributed by atoms with Crippen molar-refractivity contribution >= 4 is 45.8 Å². The lowest BCUT2D eigenvalue weighted by Crippen LogP contribution is -2.27. The smallest absolute Gasteiger partial charge is 0.220 e. The molecule has 0 aliphatic carbocycles. The van der Waals surface area contributed by atoms with Gasteiger partial charge in [-0.3, -0.25) is 4.79 Å². The lowest BCUT2D eigenvalue weighted by molar-refractivity contribution is -0.121. The van der Waals surface area contributed by atoms with Gasteiger partial charge >= 0.3 is 0 Å². The standard InChI is InChI=1S/C23H31Cl2N3O2S/c1-26-31(30)22-11-7-20(8-12-22)13-16-27-23(29)4-2-3-19-5-9-21(10-6-19)28(17-14-24)18-15-25/h5-12,26H,2-4,13-18H2,1H3,(H,27,29). The number of nitrogens with zero attached hydrogens (tertiary/aromatic N) is 1. The molecule has 0 fully saturated rings. The topological polar surface area (TPSA) is 61.4 Å². The Bertz CT molecular complexity index is 811. The van der Waals surface area contributed by atoms with Gasteiger partial charge in [0.15, 0.2) is 0 Å². The SMILES string of the molecule is CNS(=O)c1ccc(CCNC(=O)CCCc2ccc(N(CCCl)CCCl)cc2)cc1. The molecule has 1 amide bonds. The highest BCUT2D eigenvalue weighted by molar-refractivity contribution is 7.83. The molecule has 1 atom stereocenters. The fourth-order valence-corrected chi connectivity index (χ4v) is 4.26. The highest BCUT2D eigenvalue weighted by atomic mass is 35.5. The summed E-state index contributed by atoms with van der Waals surface area (Å²) in [5.74, 6) is 1.20. The number of carbonyl (C=O) groups is 1. The maximum absolute atomic E-state index is 12.1. The van der Waals surface area contributed by atoms with E-state index >= 15 is 0 Å². The molecule has 0 aliphatic rings. The van der Waals surface area contributed by atoms with Crippen molar-refractivity contribution in [2.24, 2.45) is 0 Å². The molecule has 0 aromatic heterocycles. The largest absolute Gasteiger partial charge is 0.369 e. The van der Waals surface area contributed by atoms with E-state index in [0.717, 1.165) is 48.5 Å². The van der Waals surface area contributed by atoms with Crippen LogP contribution in [0.25, 0.3) is 0 Å². The van der Waals surface area contributed by atoms with Gasteiger partial charge in [0.25, 0.3) is 0 Å². The Balaban J connectivity index is 1.68. The number of amides is 1. The number of nitrogens with one attached hydrogen (secondary N) is 2. The summed E-state index contributed by atoms with van der Waals surface area (Å²) in [4.78, 5) is 15.0. The monoisotopic (exact) mass is 483 g/mol. The summed E-state index contributed by atoms with van der Waals surface area (Å²) in [5, 5.41) is 2.98. The molecular formula is C23H31Cl2N3O2S. The first kappa shape index (κ1) is 25.7. The van der Waals surface area contributed by atoms with Gasteiger partial charge < -0.3 is 10.2 Å². The molecule has 2 aromatic rings. The third-order valence-corrected chi connectivity index (χ3v) is 6.35. The molecule has 2 aromatic carbocycles. The number of aryl methyl sites for hydroxylation is 1. The molecule has 0 aliphatic heterocycles. The van der Waals surface area contributed by atoms with E-state index in [1.807, 2.05) is 24.3 Å². The zero-order valence-electron chi connectivity index (χ0n) is 17.9. The fourth-order valence-electron chi connectivity index (χ4n) is 3.23. The third-order valence-electron chi connectivity index (χ3n) is 4.94. The Labute approximate surface area is 198 Å². The molecule has 0 heterocycles. The maximum atomic E-state index is 12.1. The van der Waals surface area contributed by atoms with Crippen molar-refractivity contribution in [2.45, 2.75) is 30.6 Å². The van der Waals surface area contributed by atoms with Gasteiger partial charge in [0.2, 0.25) is 5.91 Å². The first-order chi connectivity index (χ1) is 15.1. The molecule has 0 spiro atoms. The van der Waals surface area contributed by atoms with E-state index in [-0.39, 0.29) is 5.91 Å². The minimum atomic E-state index is -1.17. The summed E-state index contributed by atoms with van der Waals surface area (Å²) >= 11 is 11.7. The first-order valence-electron chi connectivity index (χ1n) is 10.5. The van der Waals surface area contributed by atoms with Crippen LogP contribution in [0.2, 0.25) is 0 Å². The van der Waals surface area contributed by atoms with Gasteiger partial charge in [0.05, 0.1) is 4.90 Å². The van der Waals surface area contributed by atoms with Crippen LogP contribution in [0, 0.1) is 0 Å². The quantitative estimate of drug-likeness (QED) is 0.400. The molecule has 0 saturated heterocycles. The van der Waals surface area contributed by atoms with Gasteiger partial charge in [-0.2, -0.15) is 0 Å². The van der Waals surface area contributed by atoms with Gasteiger partial charge in [-0.1, -0.05) is 24.3 Å². The molecule has 0 radical (unpaired) electrons. The van der Waals surface area contributed by atoms with Crippen LogP contribution in [0.3, 0.4) is 0 Å². The van der Waals surface area contributed by atoms with Crippen LogP contribution in [-0.2, 0) is 28.6 Å². The summed E-state index contributed by atoms with van der Waals surface area (Å²) in [6, 6.07) is 16.0. The normalized spacial score (nSPS) is 11.8. The van der Waals surface area contributed by atoms with Gasteiger partial charge in [-0.15, -0.1) is 23.2 Å². The third kappa shape index (κ3) is 9.19. The van der Waals surface area contributed by atoms with Crippen LogP contribution in [0.15, 0.2) is 53.4 Å². The second-order valence-electron chi connectivity index (χ2n) is 7.10. The van der Waals surface area contributed by atoms with Gasteiger partial charge in [0, 0.05) is 43.5 Å². The molecule has 170 valence electrons. The van der Waals surface area contributed by atoms with Crippen molar-refractivity contribution < 1.29 is 9.00 Å². The first-order valence-corrected chi connectivity index (χ1v) is 12.7. The van der Waals surface area contributed by atoms with E-state index in [0.29, 0.717) is 24.7 Å². The zero-order valence-corrected chi connectivity index (χ0v) is 20.2. The van der Waals surface area contributed by atoms with E-state index in [1.54, 1.807) is 7.05 Å². The zero-order chi connectivity index (χ0) is 22.5. The minimum absolute atomic E-state index is 0.0694. The van der Waals surface area contributed by atoms with Crippen LogP contribution in [0.4, 0.5) is 5.69 Å². The predicted molar refractivity (Wildman–Crippen MR) is 132 cm³/mol. The number of alkyl halides is 2. The number of halogens is 2.